The van der Waals surface area contributed by atoms with Gasteiger partial charge in [0, 0.05) is 18.5 Å². The lowest BCUT2D eigenvalue weighted by molar-refractivity contribution is -0.119. The van der Waals surface area contributed by atoms with Crippen molar-refractivity contribution in [2.75, 3.05) is 12.3 Å². The van der Waals surface area contributed by atoms with E-state index in [0.717, 1.165) is 37.1 Å². The van der Waals surface area contributed by atoms with Crippen LogP contribution in [-0.4, -0.2) is 33.9 Å². The molecule has 0 saturated heterocycles. The highest BCUT2D eigenvalue weighted by Gasteiger charge is 2.31. The molecule has 1 aromatic heterocycles. The third-order valence-corrected chi connectivity index (χ3v) is 4.32. The van der Waals surface area contributed by atoms with E-state index in [9.17, 15) is 9.90 Å². The number of pyridine rings is 1. The zero-order chi connectivity index (χ0) is 13.6. The first-order chi connectivity index (χ1) is 9.18. The molecule has 1 aliphatic rings. The first-order valence-corrected chi connectivity index (χ1v) is 7.80. The van der Waals surface area contributed by atoms with Crippen molar-refractivity contribution in [1.29, 1.82) is 0 Å². The van der Waals surface area contributed by atoms with Crippen LogP contribution in [0.4, 0.5) is 0 Å². The number of thioether (sulfide) groups is 1. The minimum Gasteiger partial charge on any atom is -0.388 e. The van der Waals surface area contributed by atoms with Crippen molar-refractivity contribution < 1.29 is 9.90 Å². The summed E-state index contributed by atoms with van der Waals surface area (Å²) in [5, 5.41) is 12.9. The molecule has 0 spiro atoms. The van der Waals surface area contributed by atoms with Gasteiger partial charge in [0.15, 0.2) is 0 Å². The van der Waals surface area contributed by atoms with Gasteiger partial charge in [-0.3, -0.25) is 9.78 Å². The normalized spacial score (nSPS) is 17.3. The summed E-state index contributed by atoms with van der Waals surface area (Å²) in [6, 6.07) is 5.77. The summed E-state index contributed by atoms with van der Waals surface area (Å²) in [6.07, 6.45) is 5.47. The molecule has 104 valence electrons. The number of carbonyl (C=O) groups excluding carboxylic acids is 1. The van der Waals surface area contributed by atoms with E-state index in [1.807, 2.05) is 18.2 Å². The predicted molar refractivity (Wildman–Crippen MR) is 76.8 cm³/mol. The standard InChI is InChI=1S/C14H20N2O2S/c17-13(16-11-14(18)6-2-3-7-14)10-19-9-12-5-1-4-8-15-12/h1,4-5,8,18H,2-3,6-7,9-11H2,(H,16,17). The van der Waals surface area contributed by atoms with Crippen LogP contribution >= 0.6 is 11.8 Å². The summed E-state index contributed by atoms with van der Waals surface area (Å²) in [4.78, 5) is 15.9. The number of nitrogens with zero attached hydrogens (tertiary/aromatic N) is 1. The number of nitrogens with one attached hydrogen (secondary N) is 1. The Morgan fingerprint density at radius 1 is 1.42 bits per heavy atom. The van der Waals surface area contributed by atoms with Crippen LogP contribution in [0.25, 0.3) is 0 Å². The van der Waals surface area contributed by atoms with Crippen molar-refractivity contribution in [3.8, 4) is 0 Å². The predicted octanol–water partition coefficient (Wildman–Crippen LogP) is 1.74. The number of amides is 1. The largest absolute Gasteiger partial charge is 0.388 e. The van der Waals surface area contributed by atoms with Gasteiger partial charge < -0.3 is 10.4 Å². The summed E-state index contributed by atoms with van der Waals surface area (Å²) >= 11 is 1.54. The van der Waals surface area contributed by atoms with Crippen molar-refractivity contribution in [3.63, 3.8) is 0 Å². The monoisotopic (exact) mass is 280 g/mol. The molecule has 0 atom stereocenters. The van der Waals surface area contributed by atoms with Gasteiger partial charge in [-0.1, -0.05) is 18.9 Å². The lowest BCUT2D eigenvalue weighted by atomic mass is 10.0. The zero-order valence-electron chi connectivity index (χ0n) is 11.0. The highest BCUT2D eigenvalue weighted by molar-refractivity contribution is 7.99. The molecular weight excluding hydrogens is 260 g/mol. The Balaban J connectivity index is 1.62. The molecule has 1 fully saturated rings. The van der Waals surface area contributed by atoms with E-state index in [2.05, 4.69) is 10.3 Å². The Morgan fingerprint density at radius 3 is 2.89 bits per heavy atom. The summed E-state index contributed by atoms with van der Waals surface area (Å²) < 4.78 is 0. The number of hydrogen-bond acceptors (Lipinski definition) is 4. The number of aromatic nitrogens is 1. The maximum absolute atomic E-state index is 11.7. The second-order valence-corrected chi connectivity index (χ2v) is 6.01. The lowest BCUT2D eigenvalue weighted by Crippen LogP contribution is -2.41. The average Bonchev–Trinajstić information content (AvgIpc) is 2.85. The fraction of sp³-hybridized carbons (Fsp3) is 0.571. The van der Waals surface area contributed by atoms with Gasteiger partial charge in [-0.05, 0) is 25.0 Å². The van der Waals surface area contributed by atoms with Crippen molar-refractivity contribution >= 4 is 17.7 Å². The first kappa shape index (κ1) is 14.3. The molecule has 1 amide bonds. The minimum absolute atomic E-state index is 0.0127. The number of rotatable bonds is 6. The van der Waals surface area contributed by atoms with E-state index in [1.165, 1.54) is 11.8 Å². The Labute approximate surface area is 118 Å². The van der Waals surface area contributed by atoms with Crippen LogP contribution in [0.5, 0.6) is 0 Å². The third-order valence-electron chi connectivity index (χ3n) is 3.36. The Bertz CT molecular complexity index is 405. The van der Waals surface area contributed by atoms with Gasteiger partial charge in [-0.15, -0.1) is 11.8 Å². The molecule has 1 aliphatic carbocycles. The van der Waals surface area contributed by atoms with E-state index in [4.69, 9.17) is 0 Å². The Kier molecular flexibility index (Phi) is 5.22. The minimum atomic E-state index is -0.665. The Morgan fingerprint density at radius 2 is 2.21 bits per heavy atom. The van der Waals surface area contributed by atoms with Crippen LogP contribution in [0.15, 0.2) is 24.4 Å². The molecule has 19 heavy (non-hydrogen) atoms. The molecule has 0 unspecified atom stereocenters. The van der Waals surface area contributed by atoms with Gasteiger partial charge in [0.25, 0.3) is 0 Å². The van der Waals surface area contributed by atoms with E-state index in [1.54, 1.807) is 6.20 Å². The summed E-state index contributed by atoms with van der Waals surface area (Å²) in [7, 11) is 0. The highest BCUT2D eigenvalue weighted by atomic mass is 32.2. The van der Waals surface area contributed by atoms with Crippen LogP contribution in [-0.2, 0) is 10.5 Å². The maximum atomic E-state index is 11.7. The maximum Gasteiger partial charge on any atom is 0.230 e. The van der Waals surface area contributed by atoms with Crippen LogP contribution in [0.2, 0.25) is 0 Å². The molecule has 1 heterocycles. The quantitative estimate of drug-likeness (QED) is 0.833. The van der Waals surface area contributed by atoms with Crippen LogP contribution < -0.4 is 5.32 Å². The van der Waals surface area contributed by atoms with Gasteiger partial charge in [0.2, 0.25) is 5.91 Å². The van der Waals surface area contributed by atoms with Crippen LogP contribution in [0.1, 0.15) is 31.4 Å². The van der Waals surface area contributed by atoms with Gasteiger partial charge in [-0.25, -0.2) is 0 Å². The van der Waals surface area contributed by atoms with Crippen molar-refractivity contribution in [1.82, 2.24) is 10.3 Å². The molecule has 1 aromatic rings. The number of hydrogen-bond donors (Lipinski definition) is 2. The summed E-state index contributed by atoms with van der Waals surface area (Å²) in [6.45, 7) is 0.385. The molecule has 0 aromatic carbocycles. The number of carbonyl (C=O) groups is 1. The molecule has 2 rings (SSSR count). The van der Waals surface area contributed by atoms with Crippen molar-refractivity contribution in [3.05, 3.63) is 30.1 Å². The van der Waals surface area contributed by atoms with E-state index in [0.29, 0.717) is 12.3 Å². The Hall–Kier alpha value is -1.07. The molecule has 0 radical (unpaired) electrons. The first-order valence-electron chi connectivity index (χ1n) is 6.65. The molecule has 0 aliphatic heterocycles. The molecule has 4 nitrogen and oxygen atoms in total. The van der Waals surface area contributed by atoms with Gasteiger partial charge in [-0.2, -0.15) is 0 Å². The van der Waals surface area contributed by atoms with Crippen molar-refractivity contribution in [2.24, 2.45) is 0 Å². The van der Waals surface area contributed by atoms with E-state index >= 15 is 0 Å². The van der Waals surface area contributed by atoms with E-state index < -0.39 is 5.60 Å². The lowest BCUT2D eigenvalue weighted by Gasteiger charge is -2.22. The number of aliphatic hydroxyl groups is 1. The highest BCUT2D eigenvalue weighted by Crippen LogP contribution is 2.28. The van der Waals surface area contributed by atoms with Gasteiger partial charge >= 0.3 is 0 Å². The zero-order valence-corrected chi connectivity index (χ0v) is 11.8. The molecular formula is C14H20N2O2S. The average molecular weight is 280 g/mol. The molecule has 1 saturated carbocycles. The van der Waals surface area contributed by atoms with Crippen molar-refractivity contribution in [2.45, 2.75) is 37.0 Å². The van der Waals surface area contributed by atoms with Gasteiger partial charge in [0.1, 0.15) is 0 Å². The second kappa shape index (κ2) is 6.91. The fourth-order valence-corrected chi connectivity index (χ4v) is 3.03. The SMILES string of the molecule is O=C(CSCc1ccccn1)NCC1(O)CCCC1. The van der Waals surface area contributed by atoms with Crippen LogP contribution in [0.3, 0.4) is 0 Å². The summed E-state index contributed by atoms with van der Waals surface area (Å²) in [5.41, 5.74) is 0.316. The van der Waals surface area contributed by atoms with Gasteiger partial charge in [0.05, 0.1) is 17.0 Å². The smallest absolute Gasteiger partial charge is 0.230 e. The van der Waals surface area contributed by atoms with E-state index in [-0.39, 0.29) is 5.91 Å². The van der Waals surface area contributed by atoms with Crippen LogP contribution in [0, 0.1) is 0 Å². The summed E-state index contributed by atoms with van der Waals surface area (Å²) in [5.74, 6) is 1.13. The topological polar surface area (TPSA) is 62.2 Å². The fourth-order valence-electron chi connectivity index (χ4n) is 2.26. The second-order valence-electron chi connectivity index (χ2n) is 5.02. The molecule has 5 heteroatoms. The molecule has 0 bridgehead atoms. The third kappa shape index (κ3) is 4.84. The molecule has 2 N–H and O–H groups in total.